The highest BCUT2D eigenvalue weighted by molar-refractivity contribution is 5.94. The summed E-state index contributed by atoms with van der Waals surface area (Å²) in [4.78, 5) is 38.5. The number of amides is 1. The second-order valence-electron chi connectivity index (χ2n) is 10.0. The van der Waals surface area contributed by atoms with Crippen molar-refractivity contribution in [1.82, 2.24) is 20.6 Å². The third kappa shape index (κ3) is 12.4. The van der Waals surface area contributed by atoms with Gasteiger partial charge in [0.05, 0.1) is 6.20 Å². The minimum Gasteiger partial charge on any atom is -0.475 e. The molecule has 2 unspecified atom stereocenters. The number of hydrogen-bond acceptors (Lipinski definition) is 7. The number of carbonyl (C=O) groups excluding carboxylic acids is 1. The number of carboxylic acid groups (broad SMARTS) is 2. The number of ether oxygens (including phenoxy) is 1. The van der Waals surface area contributed by atoms with Gasteiger partial charge in [-0.1, -0.05) is 24.3 Å². The fourth-order valence-electron chi connectivity index (χ4n) is 3.77. The van der Waals surface area contributed by atoms with Gasteiger partial charge in [-0.3, -0.25) is 9.78 Å². The van der Waals surface area contributed by atoms with Crippen molar-refractivity contribution < 1.29 is 55.7 Å². The van der Waals surface area contributed by atoms with Crippen molar-refractivity contribution >= 4 is 17.8 Å². The fourth-order valence-corrected chi connectivity index (χ4v) is 3.77. The third-order valence-corrected chi connectivity index (χ3v) is 6.36. The SMILES string of the molecule is O=C(NCc1cccc(Oc2cnccn2)c1)c1ccc(C2CC2NCC2CC2)cc1.O=C(O)C(F)(F)F.O=C(O)C(F)(F)F. The smallest absolute Gasteiger partial charge is 0.475 e. The molecule has 2 fully saturated rings. The topological polar surface area (TPSA) is 151 Å². The lowest BCUT2D eigenvalue weighted by Gasteiger charge is -2.09. The molecule has 0 aliphatic heterocycles. The van der Waals surface area contributed by atoms with Gasteiger partial charge in [-0.2, -0.15) is 26.3 Å². The van der Waals surface area contributed by atoms with Crippen molar-refractivity contribution in [3.63, 3.8) is 0 Å². The lowest BCUT2D eigenvalue weighted by atomic mass is 10.1. The zero-order valence-electron chi connectivity index (χ0n) is 23.3. The molecular formula is C29H28F6N4O6. The minimum atomic E-state index is -5.08. The standard InChI is InChI=1S/C25H26N4O2.2C2HF3O2/c30-25(20-8-6-19(7-9-20)22-13-23(22)28-14-17-4-5-17)29-15-18-2-1-3-21(12-18)31-24-16-26-10-11-27-24;2*3-2(4,5)1(6)7/h1-3,6-12,16-17,22-23,28H,4-5,13-15H2,(H,29,30);2*(H,6,7). The summed E-state index contributed by atoms with van der Waals surface area (Å²) in [5.41, 5.74) is 2.95. The Labute approximate surface area is 252 Å². The molecule has 4 N–H and O–H groups in total. The number of rotatable bonds is 9. The van der Waals surface area contributed by atoms with Crippen LogP contribution in [0.3, 0.4) is 0 Å². The molecule has 1 amide bonds. The number of aromatic nitrogens is 2. The lowest BCUT2D eigenvalue weighted by molar-refractivity contribution is -0.193. The van der Waals surface area contributed by atoms with E-state index in [1.165, 1.54) is 24.8 Å². The van der Waals surface area contributed by atoms with Crippen molar-refractivity contribution in [2.45, 2.75) is 50.1 Å². The summed E-state index contributed by atoms with van der Waals surface area (Å²) in [5.74, 6) is -3.00. The van der Waals surface area contributed by atoms with Crippen LogP contribution in [0.4, 0.5) is 26.3 Å². The predicted octanol–water partition coefficient (Wildman–Crippen LogP) is 5.32. The zero-order valence-corrected chi connectivity index (χ0v) is 23.3. The highest BCUT2D eigenvalue weighted by Gasteiger charge is 2.39. The number of halogens is 6. The van der Waals surface area contributed by atoms with Crippen molar-refractivity contribution in [3.8, 4) is 11.6 Å². The van der Waals surface area contributed by atoms with Gasteiger partial charge >= 0.3 is 24.3 Å². The number of carbonyl (C=O) groups is 3. The normalized spacial score (nSPS) is 17.0. The van der Waals surface area contributed by atoms with E-state index in [0.29, 0.717) is 35.7 Å². The van der Waals surface area contributed by atoms with E-state index in [0.717, 1.165) is 18.0 Å². The second-order valence-corrected chi connectivity index (χ2v) is 10.0. The number of alkyl halides is 6. The monoisotopic (exact) mass is 642 g/mol. The van der Waals surface area contributed by atoms with Crippen LogP contribution < -0.4 is 15.4 Å². The molecule has 1 heterocycles. The van der Waals surface area contributed by atoms with E-state index in [-0.39, 0.29) is 5.91 Å². The number of hydrogen-bond donors (Lipinski definition) is 4. The highest BCUT2D eigenvalue weighted by Crippen LogP contribution is 2.41. The Morgan fingerprint density at radius 1 is 0.911 bits per heavy atom. The Bertz CT molecular complexity index is 1410. The van der Waals surface area contributed by atoms with Gasteiger partial charge in [-0.05, 0) is 67.1 Å². The minimum absolute atomic E-state index is 0.0778. The number of nitrogens with one attached hydrogen (secondary N) is 2. The van der Waals surface area contributed by atoms with Gasteiger partial charge in [0, 0.05) is 36.5 Å². The Hall–Kier alpha value is -4.73. The van der Waals surface area contributed by atoms with E-state index >= 15 is 0 Å². The summed E-state index contributed by atoms with van der Waals surface area (Å²) in [7, 11) is 0. The average molecular weight is 643 g/mol. The quantitative estimate of drug-likeness (QED) is 0.227. The van der Waals surface area contributed by atoms with Gasteiger partial charge < -0.3 is 25.6 Å². The molecular weight excluding hydrogens is 614 g/mol. The maximum absolute atomic E-state index is 12.6. The first-order valence-corrected chi connectivity index (χ1v) is 13.4. The summed E-state index contributed by atoms with van der Waals surface area (Å²) in [6.07, 6.45) is -1.46. The number of carboxylic acids is 2. The van der Waals surface area contributed by atoms with Crippen LogP contribution >= 0.6 is 0 Å². The molecule has 0 radical (unpaired) electrons. The van der Waals surface area contributed by atoms with Crippen LogP contribution in [0.5, 0.6) is 11.6 Å². The lowest BCUT2D eigenvalue weighted by Crippen LogP contribution is -2.22. The first kappa shape index (κ1) is 34.8. The van der Waals surface area contributed by atoms with Crippen molar-refractivity contribution in [2.24, 2.45) is 5.92 Å². The number of benzene rings is 2. The molecule has 10 nitrogen and oxygen atoms in total. The maximum Gasteiger partial charge on any atom is 0.490 e. The number of aliphatic carboxylic acids is 2. The predicted molar refractivity (Wildman–Crippen MR) is 145 cm³/mol. The molecule has 2 aliphatic rings. The van der Waals surface area contributed by atoms with Crippen LogP contribution in [0, 0.1) is 5.92 Å². The Morgan fingerprint density at radius 2 is 1.53 bits per heavy atom. The Kier molecular flexibility index (Phi) is 11.8. The van der Waals surface area contributed by atoms with Crippen LogP contribution in [-0.4, -0.2) is 63.0 Å². The van der Waals surface area contributed by atoms with Crippen molar-refractivity contribution in [2.75, 3.05) is 6.54 Å². The molecule has 242 valence electrons. The molecule has 0 spiro atoms. The van der Waals surface area contributed by atoms with Crippen LogP contribution in [-0.2, 0) is 16.1 Å². The Balaban J connectivity index is 0.000000331. The van der Waals surface area contributed by atoms with Gasteiger partial charge in [0.1, 0.15) is 5.75 Å². The summed E-state index contributed by atoms with van der Waals surface area (Å²) in [5, 5.41) is 20.9. The van der Waals surface area contributed by atoms with Gasteiger partial charge in [-0.15, -0.1) is 0 Å². The van der Waals surface area contributed by atoms with E-state index in [1.54, 1.807) is 18.6 Å². The molecule has 2 atom stereocenters. The zero-order chi connectivity index (χ0) is 33.2. The summed E-state index contributed by atoms with van der Waals surface area (Å²) in [6.45, 7) is 1.58. The molecule has 2 saturated carbocycles. The molecule has 3 aromatic rings. The third-order valence-electron chi connectivity index (χ3n) is 6.36. The maximum atomic E-state index is 12.6. The van der Waals surface area contributed by atoms with Crippen LogP contribution in [0.2, 0.25) is 0 Å². The average Bonchev–Trinajstić information content (AvgIpc) is 3.91. The van der Waals surface area contributed by atoms with Crippen LogP contribution in [0.15, 0.2) is 67.1 Å². The van der Waals surface area contributed by atoms with E-state index in [2.05, 4.69) is 32.7 Å². The molecule has 0 bridgehead atoms. The van der Waals surface area contributed by atoms with Crippen molar-refractivity contribution in [1.29, 1.82) is 0 Å². The van der Waals surface area contributed by atoms with E-state index in [4.69, 9.17) is 24.5 Å². The van der Waals surface area contributed by atoms with Gasteiger partial charge in [-0.25, -0.2) is 14.6 Å². The highest BCUT2D eigenvalue weighted by atomic mass is 19.4. The van der Waals surface area contributed by atoms with Crippen molar-refractivity contribution in [3.05, 3.63) is 83.8 Å². The molecule has 16 heteroatoms. The second kappa shape index (κ2) is 15.3. The van der Waals surface area contributed by atoms with E-state index in [9.17, 15) is 31.1 Å². The first-order valence-electron chi connectivity index (χ1n) is 13.4. The van der Waals surface area contributed by atoms with Gasteiger partial charge in [0.25, 0.3) is 5.91 Å². The molecule has 2 aromatic carbocycles. The fraction of sp³-hybridized carbons (Fsp3) is 0.345. The van der Waals surface area contributed by atoms with E-state index in [1.807, 2.05) is 36.4 Å². The summed E-state index contributed by atoms with van der Waals surface area (Å²) < 4.78 is 69.2. The van der Waals surface area contributed by atoms with E-state index < -0.39 is 24.3 Å². The summed E-state index contributed by atoms with van der Waals surface area (Å²) in [6, 6.07) is 16.2. The molecule has 2 aliphatic carbocycles. The molecule has 0 saturated heterocycles. The van der Waals surface area contributed by atoms with Gasteiger partial charge in [0.2, 0.25) is 5.88 Å². The molecule has 5 rings (SSSR count). The molecule has 45 heavy (non-hydrogen) atoms. The summed E-state index contributed by atoms with van der Waals surface area (Å²) >= 11 is 0. The van der Waals surface area contributed by atoms with Crippen LogP contribution in [0.25, 0.3) is 0 Å². The van der Waals surface area contributed by atoms with Gasteiger partial charge in [0.15, 0.2) is 0 Å². The van der Waals surface area contributed by atoms with Crippen LogP contribution in [0.1, 0.15) is 46.7 Å². The molecule has 1 aromatic heterocycles. The Morgan fingerprint density at radius 3 is 2.07 bits per heavy atom. The number of nitrogens with zero attached hydrogens (tertiary/aromatic N) is 2. The largest absolute Gasteiger partial charge is 0.490 e. The first-order chi connectivity index (χ1) is 21.1.